The van der Waals surface area contributed by atoms with Gasteiger partial charge in [-0.3, -0.25) is 4.90 Å². The van der Waals surface area contributed by atoms with E-state index in [2.05, 4.69) is 16.3 Å². The van der Waals surface area contributed by atoms with E-state index in [1.54, 1.807) is 7.11 Å². The fourth-order valence-corrected chi connectivity index (χ4v) is 3.92. The van der Waals surface area contributed by atoms with Crippen LogP contribution in [0.4, 0.5) is 0 Å². The summed E-state index contributed by atoms with van der Waals surface area (Å²) in [6, 6.07) is 6.23. The minimum atomic E-state index is 0. The number of rotatable bonds is 4. The lowest BCUT2D eigenvalue weighted by Crippen LogP contribution is -2.46. The minimum Gasteiger partial charge on any atom is -0.504 e. The molecule has 1 heterocycles. The average molecular weight is 363 g/mol. The molecule has 1 saturated heterocycles. The van der Waals surface area contributed by atoms with E-state index < -0.39 is 0 Å². The molecule has 3 rings (SSSR count). The fraction of sp³-hybridized carbons (Fsp3) is 0.647. The van der Waals surface area contributed by atoms with Crippen LogP contribution in [0.15, 0.2) is 18.2 Å². The Kier molecular flexibility index (Phi) is 8.48. The number of para-hydroxylation sites is 1. The van der Waals surface area contributed by atoms with Gasteiger partial charge >= 0.3 is 0 Å². The predicted molar refractivity (Wildman–Crippen MR) is 98.3 cm³/mol. The molecule has 4 nitrogen and oxygen atoms in total. The molecule has 23 heavy (non-hydrogen) atoms. The maximum atomic E-state index is 10.6. The first-order valence-corrected chi connectivity index (χ1v) is 8.12. The van der Waals surface area contributed by atoms with Gasteiger partial charge < -0.3 is 15.2 Å². The SMILES string of the molecule is COc1cccc([C@@H](C2CCCC2)N2CCNCC2)c1O.Cl.Cl. The molecule has 1 aliphatic heterocycles. The second kappa shape index (κ2) is 9.58. The maximum absolute atomic E-state index is 10.6. The standard InChI is InChI=1S/C17H26N2O2.2ClH/c1-21-15-8-4-7-14(17(15)20)16(13-5-2-3-6-13)19-11-9-18-10-12-19;;/h4,7-8,13,16,18,20H,2-3,5-6,9-12H2,1H3;2*1H/t16-;;/m1../s1. The molecule has 6 heteroatoms. The number of phenolic OH excluding ortho intramolecular Hbond substituents is 1. The number of piperazine rings is 1. The van der Waals surface area contributed by atoms with E-state index in [0.717, 1.165) is 31.7 Å². The van der Waals surface area contributed by atoms with Crippen LogP contribution in [0.2, 0.25) is 0 Å². The van der Waals surface area contributed by atoms with Crippen LogP contribution in [-0.2, 0) is 0 Å². The van der Waals surface area contributed by atoms with Gasteiger partial charge in [-0.1, -0.05) is 25.0 Å². The van der Waals surface area contributed by atoms with Crippen molar-refractivity contribution in [3.63, 3.8) is 0 Å². The summed E-state index contributed by atoms with van der Waals surface area (Å²) in [5.41, 5.74) is 1.04. The number of benzene rings is 1. The molecule has 132 valence electrons. The van der Waals surface area contributed by atoms with E-state index in [1.807, 2.05) is 12.1 Å². The summed E-state index contributed by atoms with van der Waals surface area (Å²) in [5.74, 6) is 1.57. The highest BCUT2D eigenvalue weighted by Gasteiger charge is 2.33. The number of hydrogen-bond acceptors (Lipinski definition) is 4. The summed E-state index contributed by atoms with van der Waals surface area (Å²) in [6.45, 7) is 4.18. The number of hydrogen-bond donors (Lipinski definition) is 2. The largest absolute Gasteiger partial charge is 0.504 e. The van der Waals surface area contributed by atoms with Gasteiger partial charge in [-0.2, -0.15) is 0 Å². The van der Waals surface area contributed by atoms with Crippen molar-refractivity contribution < 1.29 is 9.84 Å². The Labute approximate surface area is 151 Å². The molecular formula is C17H28Cl2N2O2. The molecule has 1 aromatic carbocycles. The maximum Gasteiger partial charge on any atom is 0.162 e. The third kappa shape index (κ3) is 4.44. The molecular weight excluding hydrogens is 335 g/mol. The number of phenols is 1. The Balaban J connectivity index is 0.00000132. The Morgan fingerprint density at radius 1 is 1.17 bits per heavy atom. The van der Waals surface area contributed by atoms with Gasteiger partial charge in [0, 0.05) is 37.8 Å². The Morgan fingerprint density at radius 2 is 1.83 bits per heavy atom. The van der Waals surface area contributed by atoms with Crippen LogP contribution in [-0.4, -0.2) is 43.3 Å². The van der Waals surface area contributed by atoms with Gasteiger partial charge in [0.25, 0.3) is 0 Å². The van der Waals surface area contributed by atoms with Crippen LogP contribution < -0.4 is 10.1 Å². The molecule has 1 saturated carbocycles. The normalized spacial score (nSPS) is 20.4. The lowest BCUT2D eigenvalue weighted by atomic mass is 9.89. The highest BCUT2D eigenvalue weighted by atomic mass is 35.5. The van der Waals surface area contributed by atoms with Crippen LogP contribution >= 0.6 is 24.8 Å². The van der Waals surface area contributed by atoms with E-state index in [4.69, 9.17) is 4.74 Å². The first-order valence-electron chi connectivity index (χ1n) is 8.12. The second-order valence-corrected chi connectivity index (χ2v) is 6.17. The zero-order valence-electron chi connectivity index (χ0n) is 13.7. The third-order valence-electron chi connectivity index (χ3n) is 4.96. The van der Waals surface area contributed by atoms with Gasteiger partial charge in [0.15, 0.2) is 11.5 Å². The van der Waals surface area contributed by atoms with E-state index >= 15 is 0 Å². The van der Waals surface area contributed by atoms with Crippen LogP contribution in [0.5, 0.6) is 11.5 Å². The number of ether oxygens (including phenoxy) is 1. The molecule has 0 spiro atoms. The third-order valence-corrected chi connectivity index (χ3v) is 4.96. The van der Waals surface area contributed by atoms with Gasteiger partial charge in [0.05, 0.1) is 7.11 Å². The molecule has 2 fully saturated rings. The zero-order valence-corrected chi connectivity index (χ0v) is 15.3. The lowest BCUT2D eigenvalue weighted by Gasteiger charge is -2.39. The van der Waals surface area contributed by atoms with Gasteiger partial charge in [-0.25, -0.2) is 0 Å². The second-order valence-electron chi connectivity index (χ2n) is 6.17. The smallest absolute Gasteiger partial charge is 0.162 e. The molecule has 1 aromatic rings. The van der Waals surface area contributed by atoms with Crippen LogP contribution in [0, 0.1) is 5.92 Å². The first kappa shape index (κ1) is 20.4. The van der Waals surface area contributed by atoms with Crippen LogP contribution in [0.3, 0.4) is 0 Å². The molecule has 0 bridgehead atoms. The van der Waals surface area contributed by atoms with Crippen LogP contribution in [0.25, 0.3) is 0 Å². The van der Waals surface area contributed by atoms with Gasteiger partial charge in [-0.15, -0.1) is 24.8 Å². The summed E-state index contributed by atoms with van der Waals surface area (Å²) in [4.78, 5) is 2.54. The van der Waals surface area contributed by atoms with Crippen molar-refractivity contribution in [1.29, 1.82) is 0 Å². The number of nitrogens with one attached hydrogen (secondary N) is 1. The van der Waals surface area contributed by atoms with Crippen molar-refractivity contribution in [2.45, 2.75) is 31.7 Å². The summed E-state index contributed by atoms with van der Waals surface area (Å²) in [7, 11) is 1.62. The summed E-state index contributed by atoms with van der Waals surface area (Å²) >= 11 is 0. The number of methoxy groups -OCH3 is 1. The molecule has 0 amide bonds. The highest BCUT2D eigenvalue weighted by molar-refractivity contribution is 5.85. The summed E-state index contributed by atoms with van der Waals surface area (Å²) in [6.07, 6.45) is 5.17. The Bertz CT molecular complexity index is 476. The molecule has 2 N–H and O–H groups in total. The van der Waals surface area contributed by atoms with Crippen molar-refractivity contribution in [3.8, 4) is 11.5 Å². The van der Waals surface area contributed by atoms with E-state index in [9.17, 15) is 5.11 Å². The van der Waals surface area contributed by atoms with Crippen LogP contribution in [0.1, 0.15) is 37.3 Å². The van der Waals surface area contributed by atoms with Gasteiger partial charge in [-0.05, 0) is 24.8 Å². The van der Waals surface area contributed by atoms with Crippen molar-refractivity contribution in [2.75, 3.05) is 33.3 Å². The molecule has 1 atom stereocenters. The molecule has 1 aliphatic carbocycles. The number of halogens is 2. The lowest BCUT2D eigenvalue weighted by molar-refractivity contribution is 0.123. The predicted octanol–water partition coefficient (Wildman–Crippen LogP) is 3.38. The molecule has 0 aromatic heterocycles. The van der Waals surface area contributed by atoms with Crippen molar-refractivity contribution in [2.24, 2.45) is 5.92 Å². The Morgan fingerprint density at radius 3 is 2.43 bits per heavy atom. The summed E-state index contributed by atoms with van der Waals surface area (Å²) in [5, 5.41) is 14.0. The van der Waals surface area contributed by atoms with Gasteiger partial charge in [0.2, 0.25) is 0 Å². The number of aromatic hydroxyl groups is 1. The highest BCUT2D eigenvalue weighted by Crippen LogP contribution is 2.44. The fourth-order valence-electron chi connectivity index (χ4n) is 3.92. The van der Waals surface area contributed by atoms with E-state index in [-0.39, 0.29) is 24.8 Å². The molecule has 0 radical (unpaired) electrons. The number of nitrogens with zero attached hydrogens (tertiary/aromatic N) is 1. The van der Waals surface area contributed by atoms with Crippen molar-refractivity contribution in [3.05, 3.63) is 23.8 Å². The van der Waals surface area contributed by atoms with E-state index in [1.165, 1.54) is 25.7 Å². The Hall–Kier alpha value is -0.680. The van der Waals surface area contributed by atoms with Crippen molar-refractivity contribution >= 4 is 24.8 Å². The topological polar surface area (TPSA) is 44.7 Å². The zero-order chi connectivity index (χ0) is 14.7. The first-order chi connectivity index (χ1) is 10.3. The summed E-state index contributed by atoms with van der Waals surface area (Å²) < 4.78 is 5.30. The molecule has 2 aliphatic rings. The van der Waals surface area contributed by atoms with E-state index in [0.29, 0.717) is 23.5 Å². The average Bonchev–Trinajstić information content (AvgIpc) is 3.04. The monoisotopic (exact) mass is 362 g/mol. The minimum absolute atomic E-state index is 0. The van der Waals surface area contributed by atoms with Gasteiger partial charge in [0.1, 0.15) is 0 Å². The molecule has 0 unspecified atom stereocenters. The quantitative estimate of drug-likeness (QED) is 0.861. The van der Waals surface area contributed by atoms with Crippen molar-refractivity contribution in [1.82, 2.24) is 10.2 Å².